The number of para-hydroxylation sites is 1. The minimum Gasteiger partial charge on any atom is -0.389 e. The second-order valence-electron chi connectivity index (χ2n) is 3.85. The number of hydrogen-bond acceptors (Lipinski definition) is 3. The predicted octanol–water partition coefficient (Wildman–Crippen LogP) is 1.28. The molecule has 0 atom stereocenters. The van der Waals surface area contributed by atoms with E-state index < -0.39 is 0 Å². The highest BCUT2D eigenvalue weighted by molar-refractivity contribution is 7.80. The third-order valence-corrected chi connectivity index (χ3v) is 2.82. The number of hydrogen-bond donors (Lipinski definition) is 2. The van der Waals surface area contributed by atoms with Crippen LogP contribution in [0.3, 0.4) is 0 Å². The van der Waals surface area contributed by atoms with Gasteiger partial charge in [-0.25, -0.2) is 0 Å². The molecule has 0 bridgehead atoms. The van der Waals surface area contributed by atoms with Crippen molar-refractivity contribution < 1.29 is 4.79 Å². The summed E-state index contributed by atoms with van der Waals surface area (Å²) >= 11 is 5.03. The third-order valence-electron chi connectivity index (χ3n) is 2.60. The first-order valence-electron chi connectivity index (χ1n) is 6.00. The number of carbonyl (C=O) groups is 1. The Morgan fingerprint density at radius 3 is 2.61 bits per heavy atom. The summed E-state index contributed by atoms with van der Waals surface area (Å²) in [6, 6.07) is 7.60. The lowest BCUT2D eigenvalue weighted by Crippen LogP contribution is -2.38. The molecule has 0 saturated carbocycles. The maximum absolute atomic E-state index is 11.6. The largest absolute Gasteiger partial charge is 0.389 e. The van der Waals surface area contributed by atoms with Crippen molar-refractivity contribution in [2.75, 3.05) is 24.5 Å². The number of carbonyl (C=O) groups excluding carboxylic acids is 1. The quantitative estimate of drug-likeness (QED) is 0.761. The molecule has 1 rings (SSSR count). The zero-order chi connectivity index (χ0) is 13.5. The van der Waals surface area contributed by atoms with Crippen LogP contribution in [0.2, 0.25) is 0 Å². The summed E-state index contributed by atoms with van der Waals surface area (Å²) in [5.41, 5.74) is 7.41. The van der Waals surface area contributed by atoms with Gasteiger partial charge in [-0.15, -0.1) is 0 Å². The molecule has 4 nitrogen and oxygen atoms in total. The van der Waals surface area contributed by atoms with E-state index in [0.717, 1.165) is 17.8 Å². The van der Waals surface area contributed by atoms with Gasteiger partial charge < -0.3 is 16.0 Å². The molecular weight excluding hydrogens is 246 g/mol. The summed E-state index contributed by atoms with van der Waals surface area (Å²) < 4.78 is 0. The van der Waals surface area contributed by atoms with Gasteiger partial charge in [0.15, 0.2) is 0 Å². The molecule has 0 unspecified atom stereocenters. The summed E-state index contributed by atoms with van der Waals surface area (Å²) in [5.74, 6) is -0.00269. The second-order valence-corrected chi connectivity index (χ2v) is 4.29. The summed E-state index contributed by atoms with van der Waals surface area (Å²) in [6.07, 6.45) is 0. The van der Waals surface area contributed by atoms with Gasteiger partial charge in [-0.2, -0.15) is 0 Å². The molecule has 0 fully saturated rings. The van der Waals surface area contributed by atoms with E-state index in [-0.39, 0.29) is 5.91 Å². The van der Waals surface area contributed by atoms with E-state index in [1.165, 1.54) is 0 Å². The summed E-state index contributed by atoms with van der Waals surface area (Å²) in [4.78, 5) is 14.0. The zero-order valence-corrected chi connectivity index (χ0v) is 11.6. The van der Waals surface area contributed by atoms with E-state index in [1.807, 2.05) is 43.0 Å². The van der Waals surface area contributed by atoms with Crippen molar-refractivity contribution in [2.24, 2.45) is 5.73 Å². The lowest BCUT2D eigenvalue weighted by Gasteiger charge is -2.24. The predicted molar refractivity (Wildman–Crippen MR) is 78.9 cm³/mol. The van der Waals surface area contributed by atoms with E-state index in [2.05, 4.69) is 5.32 Å². The van der Waals surface area contributed by atoms with E-state index >= 15 is 0 Å². The van der Waals surface area contributed by atoms with Crippen molar-refractivity contribution in [3.05, 3.63) is 29.8 Å². The number of benzene rings is 1. The van der Waals surface area contributed by atoms with Crippen LogP contribution in [0.25, 0.3) is 0 Å². The van der Waals surface area contributed by atoms with Crippen LogP contribution in [0.5, 0.6) is 0 Å². The molecule has 0 spiro atoms. The standard InChI is InChI=1S/C13H19N3OS/c1-3-15-12(17)9-16(4-2)11-8-6-5-7-10(11)13(14)18/h5-8H,3-4,9H2,1-2H3,(H2,14,18)(H,15,17). The summed E-state index contributed by atoms with van der Waals surface area (Å²) in [7, 11) is 0. The number of likely N-dealkylation sites (N-methyl/N-ethyl adjacent to an activating group) is 2. The molecule has 0 aromatic heterocycles. The van der Waals surface area contributed by atoms with Gasteiger partial charge in [0.2, 0.25) is 5.91 Å². The van der Waals surface area contributed by atoms with Crippen molar-refractivity contribution in [1.82, 2.24) is 5.32 Å². The van der Waals surface area contributed by atoms with E-state index in [9.17, 15) is 4.79 Å². The smallest absolute Gasteiger partial charge is 0.239 e. The number of nitrogens with one attached hydrogen (secondary N) is 1. The molecule has 0 aliphatic carbocycles. The number of rotatable bonds is 6. The average molecular weight is 265 g/mol. The molecule has 1 aromatic rings. The Kier molecular flexibility index (Phi) is 5.58. The Labute approximate surface area is 113 Å². The van der Waals surface area contributed by atoms with E-state index in [0.29, 0.717) is 18.1 Å². The Hall–Kier alpha value is -1.62. The molecule has 3 N–H and O–H groups in total. The van der Waals surface area contributed by atoms with Gasteiger partial charge in [0.25, 0.3) is 0 Å². The fraction of sp³-hybridized carbons (Fsp3) is 0.385. The number of anilines is 1. The molecule has 18 heavy (non-hydrogen) atoms. The van der Waals surface area contributed by atoms with Crippen molar-refractivity contribution in [3.63, 3.8) is 0 Å². The Bertz CT molecular complexity index is 434. The Balaban J connectivity index is 2.94. The number of thiocarbonyl (C=S) groups is 1. The van der Waals surface area contributed by atoms with Crippen molar-refractivity contribution in [2.45, 2.75) is 13.8 Å². The molecule has 98 valence electrons. The molecule has 0 saturated heterocycles. The number of amides is 1. The topological polar surface area (TPSA) is 58.4 Å². The van der Waals surface area contributed by atoms with Crippen LogP contribution in [0, 0.1) is 0 Å². The molecule has 0 heterocycles. The van der Waals surface area contributed by atoms with Gasteiger partial charge in [0, 0.05) is 24.3 Å². The molecule has 1 amide bonds. The minimum atomic E-state index is -0.00269. The number of nitrogens with zero attached hydrogens (tertiary/aromatic N) is 1. The average Bonchev–Trinajstić information content (AvgIpc) is 2.36. The van der Waals surface area contributed by atoms with Gasteiger partial charge in [-0.05, 0) is 26.0 Å². The number of nitrogens with two attached hydrogens (primary N) is 1. The Morgan fingerprint density at radius 2 is 2.06 bits per heavy atom. The third kappa shape index (κ3) is 3.70. The molecule has 0 aliphatic rings. The normalized spacial score (nSPS) is 9.89. The minimum absolute atomic E-state index is 0.00269. The lowest BCUT2D eigenvalue weighted by atomic mass is 10.1. The molecule has 1 aromatic carbocycles. The first-order chi connectivity index (χ1) is 8.60. The van der Waals surface area contributed by atoms with Crippen LogP contribution in [-0.2, 0) is 4.79 Å². The fourth-order valence-electron chi connectivity index (χ4n) is 1.75. The maximum atomic E-state index is 11.6. The van der Waals surface area contributed by atoms with Gasteiger partial charge >= 0.3 is 0 Å². The summed E-state index contributed by atoms with van der Waals surface area (Å²) in [5, 5.41) is 2.78. The van der Waals surface area contributed by atoms with E-state index in [1.54, 1.807) is 0 Å². The molecular formula is C13H19N3OS. The zero-order valence-electron chi connectivity index (χ0n) is 10.8. The SMILES string of the molecule is CCNC(=O)CN(CC)c1ccccc1C(N)=S. The van der Waals surface area contributed by atoms with Crippen LogP contribution in [0.15, 0.2) is 24.3 Å². The molecule has 0 radical (unpaired) electrons. The van der Waals surface area contributed by atoms with Crippen LogP contribution >= 0.6 is 12.2 Å². The monoisotopic (exact) mass is 265 g/mol. The second kappa shape index (κ2) is 6.96. The van der Waals surface area contributed by atoms with Gasteiger partial charge in [0.05, 0.1) is 6.54 Å². The molecule has 5 heteroatoms. The van der Waals surface area contributed by atoms with Crippen LogP contribution in [0.4, 0.5) is 5.69 Å². The highest BCUT2D eigenvalue weighted by Crippen LogP contribution is 2.19. The van der Waals surface area contributed by atoms with Crippen LogP contribution in [0.1, 0.15) is 19.4 Å². The summed E-state index contributed by atoms with van der Waals surface area (Å²) in [6.45, 7) is 5.56. The van der Waals surface area contributed by atoms with Crippen LogP contribution < -0.4 is 16.0 Å². The van der Waals surface area contributed by atoms with Crippen molar-refractivity contribution in [3.8, 4) is 0 Å². The highest BCUT2D eigenvalue weighted by Gasteiger charge is 2.13. The fourth-order valence-corrected chi connectivity index (χ4v) is 1.92. The van der Waals surface area contributed by atoms with Crippen LogP contribution in [-0.4, -0.2) is 30.5 Å². The van der Waals surface area contributed by atoms with E-state index in [4.69, 9.17) is 18.0 Å². The lowest BCUT2D eigenvalue weighted by molar-refractivity contribution is -0.119. The van der Waals surface area contributed by atoms with Gasteiger partial charge in [-0.3, -0.25) is 4.79 Å². The maximum Gasteiger partial charge on any atom is 0.239 e. The first kappa shape index (κ1) is 14.4. The van der Waals surface area contributed by atoms with Crippen molar-refractivity contribution >= 4 is 28.8 Å². The van der Waals surface area contributed by atoms with Crippen molar-refractivity contribution in [1.29, 1.82) is 0 Å². The first-order valence-corrected chi connectivity index (χ1v) is 6.41. The Morgan fingerprint density at radius 1 is 1.39 bits per heavy atom. The van der Waals surface area contributed by atoms with Gasteiger partial charge in [0.1, 0.15) is 4.99 Å². The van der Waals surface area contributed by atoms with Gasteiger partial charge in [-0.1, -0.05) is 24.4 Å². The highest BCUT2D eigenvalue weighted by atomic mass is 32.1. The molecule has 0 aliphatic heterocycles.